The fraction of sp³-hybridized carbons (Fsp3) is 0.261. The Hall–Kier alpha value is -3.41. The van der Waals surface area contributed by atoms with Gasteiger partial charge in [-0.25, -0.2) is 9.97 Å². The number of nitrogens with zero attached hydrogens (tertiary/aromatic N) is 3. The number of carbonyl (C=O) groups excluding carboxylic acids is 1. The van der Waals surface area contributed by atoms with Crippen LogP contribution in [0, 0.1) is 0 Å². The lowest BCUT2D eigenvalue weighted by molar-refractivity contribution is -0.131. The molecule has 0 unspecified atom stereocenters. The quantitative estimate of drug-likeness (QED) is 0.670. The van der Waals surface area contributed by atoms with Gasteiger partial charge in [0.05, 0.1) is 26.3 Å². The summed E-state index contributed by atoms with van der Waals surface area (Å²) in [6.07, 6.45) is 2.93. The van der Waals surface area contributed by atoms with Gasteiger partial charge < -0.3 is 14.4 Å². The van der Waals surface area contributed by atoms with E-state index in [0.29, 0.717) is 25.3 Å². The highest BCUT2D eigenvalue weighted by Crippen LogP contribution is 2.23. The maximum absolute atomic E-state index is 12.8. The van der Waals surface area contributed by atoms with E-state index in [-0.39, 0.29) is 5.91 Å². The number of methoxy groups -OCH3 is 2. The van der Waals surface area contributed by atoms with Gasteiger partial charge in [0.15, 0.2) is 5.82 Å². The zero-order valence-corrected chi connectivity index (χ0v) is 16.6. The number of aromatic nitrogens is 2. The van der Waals surface area contributed by atoms with Crippen LogP contribution < -0.4 is 9.47 Å². The number of amides is 1. The van der Waals surface area contributed by atoms with Crippen molar-refractivity contribution < 1.29 is 14.3 Å². The predicted octanol–water partition coefficient (Wildman–Crippen LogP) is 3.29. The molecule has 1 aliphatic heterocycles. The van der Waals surface area contributed by atoms with Crippen LogP contribution in [0.5, 0.6) is 11.5 Å². The minimum Gasteiger partial charge on any atom is -0.497 e. The third-order valence-corrected chi connectivity index (χ3v) is 5.12. The largest absolute Gasteiger partial charge is 0.497 e. The molecule has 0 radical (unpaired) electrons. The Morgan fingerprint density at radius 3 is 2.62 bits per heavy atom. The molecule has 148 valence electrons. The summed E-state index contributed by atoms with van der Waals surface area (Å²) in [6, 6.07) is 15.3. The molecular formula is C23H23N3O3. The van der Waals surface area contributed by atoms with E-state index in [1.807, 2.05) is 59.6 Å². The van der Waals surface area contributed by atoms with Gasteiger partial charge in [0.25, 0.3) is 0 Å². The SMILES string of the molecule is COc1ccc(-c2ncc3c(n2)CCN(C(=O)Cc2cccc(OC)c2)C3)cc1. The van der Waals surface area contributed by atoms with Gasteiger partial charge in [-0.05, 0) is 42.0 Å². The van der Waals surface area contributed by atoms with E-state index >= 15 is 0 Å². The van der Waals surface area contributed by atoms with Crippen molar-refractivity contribution in [2.24, 2.45) is 0 Å². The summed E-state index contributed by atoms with van der Waals surface area (Å²) in [5.74, 6) is 2.36. The number of ether oxygens (including phenoxy) is 2. The molecule has 0 bridgehead atoms. The van der Waals surface area contributed by atoms with Gasteiger partial charge >= 0.3 is 0 Å². The molecule has 0 fully saturated rings. The first kappa shape index (κ1) is 18.9. The van der Waals surface area contributed by atoms with Crippen LogP contribution in [0.15, 0.2) is 54.7 Å². The summed E-state index contributed by atoms with van der Waals surface area (Å²) >= 11 is 0. The third kappa shape index (κ3) is 4.21. The second-order valence-electron chi connectivity index (χ2n) is 6.99. The average molecular weight is 389 g/mol. The summed E-state index contributed by atoms with van der Waals surface area (Å²) in [5.41, 5.74) is 3.92. The van der Waals surface area contributed by atoms with Crippen LogP contribution in [0.2, 0.25) is 0 Å². The maximum atomic E-state index is 12.8. The Kier molecular flexibility index (Phi) is 5.42. The number of hydrogen-bond donors (Lipinski definition) is 0. The van der Waals surface area contributed by atoms with Gasteiger partial charge in [-0.15, -0.1) is 0 Å². The molecule has 0 atom stereocenters. The summed E-state index contributed by atoms with van der Waals surface area (Å²) in [7, 11) is 3.27. The molecule has 2 heterocycles. The smallest absolute Gasteiger partial charge is 0.227 e. The lowest BCUT2D eigenvalue weighted by Crippen LogP contribution is -2.37. The first-order chi connectivity index (χ1) is 14.2. The molecule has 0 saturated heterocycles. The Bertz CT molecular complexity index is 1020. The molecule has 1 amide bonds. The molecule has 0 spiro atoms. The Balaban J connectivity index is 1.46. The zero-order valence-electron chi connectivity index (χ0n) is 16.6. The Labute approximate surface area is 170 Å². The first-order valence-electron chi connectivity index (χ1n) is 9.56. The normalized spacial score (nSPS) is 13.0. The molecule has 2 aromatic carbocycles. The van der Waals surface area contributed by atoms with Crippen LogP contribution in [-0.4, -0.2) is 41.5 Å². The monoisotopic (exact) mass is 389 g/mol. The molecular weight excluding hydrogens is 366 g/mol. The number of carbonyl (C=O) groups is 1. The van der Waals surface area contributed by atoms with Crippen LogP contribution in [0.1, 0.15) is 16.8 Å². The second-order valence-corrected chi connectivity index (χ2v) is 6.99. The molecule has 3 aromatic rings. The molecule has 0 N–H and O–H groups in total. The van der Waals surface area contributed by atoms with Gasteiger partial charge in [-0.2, -0.15) is 0 Å². The fourth-order valence-corrected chi connectivity index (χ4v) is 3.48. The topological polar surface area (TPSA) is 64.6 Å². The molecule has 6 heteroatoms. The van der Waals surface area contributed by atoms with E-state index in [9.17, 15) is 4.79 Å². The molecule has 6 nitrogen and oxygen atoms in total. The highest BCUT2D eigenvalue weighted by atomic mass is 16.5. The number of fused-ring (bicyclic) bond motifs is 1. The minimum absolute atomic E-state index is 0.100. The number of hydrogen-bond acceptors (Lipinski definition) is 5. The van der Waals surface area contributed by atoms with E-state index in [4.69, 9.17) is 14.5 Å². The van der Waals surface area contributed by atoms with Gasteiger partial charge in [0, 0.05) is 36.8 Å². The van der Waals surface area contributed by atoms with Gasteiger partial charge in [-0.3, -0.25) is 4.79 Å². The highest BCUT2D eigenvalue weighted by Gasteiger charge is 2.22. The fourth-order valence-electron chi connectivity index (χ4n) is 3.48. The molecule has 0 aliphatic carbocycles. The standard InChI is InChI=1S/C23H23N3O3/c1-28-19-8-6-17(7-9-19)23-24-14-18-15-26(11-10-21(18)25-23)22(27)13-16-4-3-5-20(12-16)29-2/h3-9,12,14H,10-11,13,15H2,1-2H3. The van der Waals surface area contributed by atoms with Gasteiger partial charge in [-0.1, -0.05) is 12.1 Å². The third-order valence-electron chi connectivity index (χ3n) is 5.12. The van der Waals surface area contributed by atoms with Crippen molar-refractivity contribution in [1.29, 1.82) is 0 Å². The van der Waals surface area contributed by atoms with Gasteiger partial charge in [0.1, 0.15) is 11.5 Å². The van der Waals surface area contributed by atoms with Crippen LogP contribution in [-0.2, 0) is 24.2 Å². The number of benzene rings is 2. The lowest BCUT2D eigenvalue weighted by Gasteiger charge is -2.28. The Morgan fingerprint density at radius 1 is 1.07 bits per heavy atom. The lowest BCUT2D eigenvalue weighted by atomic mass is 10.0. The van der Waals surface area contributed by atoms with E-state index in [0.717, 1.165) is 40.3 Å². The van der Waals surface area contributed by atoms with Crippen molar-refractivity contribution in [3.63, 3.8) is 0 Å². The van der Waals surface area contributed by atoms with Crippen LogP contribution in [0.4, 0.5) is 0 Å². The maximum Gasteiger partial charge on any atom is 0.227 e. The predicted molar refractivity (Wildman–Crippen MR) is 110 cm³/mol. The van der Waals surface area contributed by atoms with E-state index in [2.05, 4.69) is 4.98 Å². The summed E-state index contributed by atoms with van der Waals surface area (Å²) in [5, 5.41) is 0. The minimum atomic E-state index is 0.100. The van der Waals surface area contributed by atoms with Crippen molar-refractivity contribution in [2.45, 2.75) is 19.4 Å². The van der Waals surface area contributed by atoms with Crippen LogP contribution in [0.3, 0.4) is 0 Å². The van der Waals surface area contributed by atoms with Crippen molar-refractivity contribution in [3.8, 4) is 22.9 Å². The molecule has 29 heavy (non-hydrogen) atoms. The average Bonchev–Trinajstić information content (AvgIpc) is 2.78. The van der Waals surface area contributed by atoms with Crippen molar-refractivity contribution in [1.82, 2.24) is 14.9 Å². The van der Waals surface area contributed by atoms with E-state index in [1.54, 1.807) is 14.2 Å². The van der Waals surface area contributed by atoms with Gasteiger partial charge in [0.2, 0.25) is 5.91 Å². The Morgan fingerprint density at radius 2 is 1.86 bits per heavy atom. The van der Waals surface area contributed by atoms with Crippen molar-refractivity contribution in [2.75, 3.05) is 20.8 Å². The highest BCUT2D eigenvalue weighted by molar-refractivity contribution is 5.79. The van der Waals surface area contributed by atoms with Crippen LogP contribution >= 0.6 is 0 Å². The van der Waals surface area contributed by atoms with E-state index in [1.165, 1.54) is 0 Å². The molecule has 4 rings (SSSR count). The van der Waals surface area contributed by atoms with Crippen molar-refractivity contribution in [3.05, 3.63) is 71.5 Å². The first-order valence-corrected chi connectivity index (χ1v) is 9.56. The molecule has 0 saturated carbocycles. The summed E-state index contributed by atoms with van der Waals surface area (Å²) < 4.78 is 10.4. The van der Waals surface area contributed by atoms with Crippen LogP contribution in [0.25, 0.3) is 11.4 Å². The summed E-state index contributed by atoms with van der Waals surface area (Å²) in [4.78, 5) is 23.9. The molecule has 1 aliphatic rings. The van der Waals surface area contributed by atoms with E-state index < -0.39 is 0 Å². The molecule has 1 aromatic heterocycles. The second kappa shape index (κ2) is 8.31. The van der Waals surface area contributed by atoms with Crippen molar-refractivity contribution >= 4 is 5.91 Å². The summed E-state index contributed by atoms with van der Waals surface area (Å²) in [6.45, 7) is 1.20. The zero-order chi connectivity index (χ0) is 20.2. The number of rotatable bonds is 5.